The summed E-state index contributed by atoms with van der Waals surface area (Å²) >= 11 is 0. The zero-order valence-corrected chi connectivity index (χ0v) is 18.6. The minimum atomic E-state index is -0.645. The summed E-state index contributed by atoms with van der Waals surface area (Å²) in [5, 5.41) is 11.1. The van der Waals surface area contributed by atoms with Gasteiger partial charge in [-0.3, -0.25) is 9.59 Å². The lowest BCUT2D eigenvalue weighted by Crippen LogP contribution is -3.12. The number of benzene rings is 2. The van der Waals surface area contributed by atoms with Crippen molar-refractivity contribution >= 4 is 17.4 Å². The molecule has 31 heavy (non-hydrogen) atoms. The SMILES string of the molecule is CC[NH+](CC)CCN1C(=O)C(=O)C(=C(O)c2ccc(OC)cc2)[C@H]1c1ccc(C)cc1. The number of quaternary nitrogens is 1. The predicted molar refractivity (Wildman–Crippen MR) is 120 cm³/mol. The molecule has 1 amide bonds. The van der Waals surface area contributed by atoms with Crippen molar-refractivity contribution < 1.29 is 24.3 Å². The summed E-state index contributed by atoms with van der Waals surface area (Å²) in [6.07, 6.45) is 0. The molecule has 1 atom stereocenters. The number of hydrogen-bond acceptors (Lipinski definition) is 4. The quantitative estimate of drug-likeness (QED) is 0.389. The van der Waals surface area contributed by atoms with E-state index < -0.39 is 17.7 Å². The van der Waals surface area contributed by atoms with Crippen LogP contribution in [0.1, 0.15) is 36.6 Å². The second-order valence-corrected chi connectivity index (χ2v) is 7.84. The van der Waals surface area contributed by atoms with Crippen LogP contribution < -0.4 is 9.64 Å². The van der Waals surface area contributed by atoms with Gasteiger partial charge in [-0.15, -0.1) is 0 Å². The van der Waals surface area contributed by atoms with Gasteiger partial charge in [0.1, 0.15) is 11.5 Å². The van der Waals surface area contributed by atoms with Crippen molar-refractivity contribution in [3.63, 3.8) is 0 Å². The van der Waals surface area contributed by atoms with Crippen LogP contribution in [0.2, 0.25) is 0 Å². The van der Waals surface area contributed by atoms with E-state index in [2.05, 4.69) is 13.8 Å². The third-order valence-corrected chi connectivity index (χ3v) is 6.00. The number of aliphatic hydroxyl groups is 1. The Bertz CT molecular complexity index is 960. The molecule has 1 saturated heterocycles. The van der Waals surface area contributed by atoms with Crippen molar-refractivity contribution in [2.45, 2.75) is 26.8 Å². The van der Waals surface area contributed by atoms with Gasteiger partial charge < -0.3 is 19.6 Å². The summed E-state index contributed by atoms with van der Waals surface area (Å²) in [4.78, 5) is 29.0. The molecule has 0 saturated carbocycles. The largest absolute Gasteiger partial charge is 0.507 e. The molecular formula is C25H31N2O4+. The molecule has 0 aromatic heterocycles. The molecule has 0 bridgehead atoms. The molecule has 1 aliphatic heterocycles. The molecule has 6 nitrogen and oxygen atoms in total. The van der Waals surface area contributed by atoms with Gasteiger partial charge in [-0.05, 0) is 50.6 Å². The highest BCUT2D eigenvalue weighted by Gasteiger charge is 2.46. The summed E-state index contributed by atoms with van der Waals surface area (Å²) in [6, 6.07) is 14.0. The van der Waals surface area contributed by atoms with Gasteiger partial charge in [0.2, 0.25) is 0 Å². The Morgan fingerprint density at radius 2 is 1.65 bits per heavy atom. The van der Waals surface area contributed by atoms with Crippen molar-refractivity contribution in [1.29, 1.82) is 0 Å². The topological polar surface area (TPSA) is 71.3 Å². The van der Waals surface area contributed by atoms with Gasteiger partial charge in [-0.1, -0.05) is 29.8 Å². The summed E-state index contributed by atoms with van der Waals surface area (Å²) in [5.41, 5.74) is 2.51. The number of rotatable bonds is 8. The van der Waals surface area contributed by atoms with Crippen molar-refractivity contribution in [2.24, 2.45) is 0 Å². The molecule has 2 aromatic rings. The number of ether oxygens (including phenoxy) is 1. The highest BCUT2D eigenvalue weighted by atomic mass is 16.5. The van der Waals surface area contributed by atoms with Crippen molar-refractivity contribution in [3.05, 3.63) is 70.8 Å². The average molecular weight is 424 g/mol. The van der Waals surface area contributed by atoms with E-state index in [1.165, 1.54) is 4.90 Å². The summed E-state index contributed by atoms with van der Waals surface area (Å²) < 4.78 is 5.18. The van der Waals surface area contributed by atoms with Crippen LogP contribution in [0.4, 0.5) is 0 Å². The van der Waals surface area contributed by atoms with Crippen molar-refractivity contribution in [1.82, 2.24) is 4.90 Å². The van der Waals surface area contributed by atoms with Crippen molar-refractivity contribution in [3.8, 4) is 5.75 Å². The van der Waals surface area contributed by atoms with Crippen LogP contribution in [-0.2, 0) is 9.59 Å². The lowest BCUT2D eigenvalue weighted by atomic mass is 9.94. The number of nitrogens with one attached hydrogen (secondary N) is 1. The summed E-state index contributed by atoms with van der Waals surface area (Å²) in [6.45, 7) is 9.28. The van der Waals surface area contributed by atoms with Gasteiger partial charge in [-0.2, -0.15) is 0 Å². The number of carbonyl (C=O) groups excluding carboxylic acids is 2. The van der Waals surface area contributed by atoms with Crippen LogP contribution in [0.5, 0.6) is 5.75 Å². The molecular weight excluding hydrogens is 392 g/mol. The van der Waals surface area contributed by atoms with Gasteiger partial charge in [-0.25, -0.2) is 0 Å². The normalized spacial score (nSPS) is 18.1. The summed E-state index contributed by atoms with van der Waals surface area (Å²) in [7, 11) is 1.57. The average Bonchev–Trinajstić information content (AvgIpc) is 3.05. The number of aliphatic hydroxyl groups excluding tert-OH is 1. The van der Waals surface area contributed by atoms with Crippen LogP contribution in [0.25, 0.3) is 5.76 Å². The van der Waals surface area contributed by atoms with Crippen LogP contribution in [-0.4, -0.2) is 55.0 Å². The van der Waals surface area contributed by atoms with E-state index in [0.29, 0.717) is 17.9 Å². The van der Waals surface area contributed by atoms with Gasteiger partial charge in [0.15, 0.2) is 0 Å². The Kier molecular flexibility index (Phi) is 7.13. The Morgan fingerprint density at radius 3 is 2.19 bits per heavy atom. The Labute approximate surface area is 183 Å². The van der Waals surface area contributed by atoms with Crippen molar-refractivity contribution in [2.75, 3.05) is 33.3 Å². The summed E-state index contributed by atoms with van der Waals surface area (Å²) in [5.74, 6) is -0.723. The maximum atomic E-state index is 13.0. The molecule has 1 fully saturated rings. The fraction of sp³-hybridized carbons (Fsp3) is 0.360. The van der Waals surface area contributed by atoms with E-state index in [9.17, 15) is 14.7 Å². The van der Waals surface area contributed by atoms with E-state index in [1.54, 1.807) is 36.3 Å². The molecule has 1 heterocycles. The predicted octanol–water partition coefficient (Wildman–Crippen LogP) is 2.35. The number of carbonyl (C=O) groups is 2. The Balaban J connectivity index is 2.07. The minimum absolute atomic E-state index is 0.133. The molecule has 164 valence electrons. The zero-order chi connectivity index (χ0) is 22.5. The van der Waals surface area contributed by atoms with Gasteiger partial charge >= 0.3 is 0 Å². The molecule has 6 heteroatoms. The molecule has 0 radical (unpaired) electrons. The van der Waals surface area contributed by atoms with Crippen LogP contribution in [0, 0.1) is 6.92 Å². The first-order valence-corrected chi connectivity index (χ1v) is 10.7. The number of Topliss-reactive ketones (excluding diaryl/α,β-unsaturated/α-hetero) is 1. The van der Waals surface area contributed by atoms with Crippen LogP contribution in [0.3, 0.4) is 0 Å². The minimum Gasteiger partial charge on any atom is -0.507 e. The molecule has 1 aliphatic rings. The molecule has 0 unspecified atom stereocenters. The fourth-order valence-corrected chi connectivity index (χ4v) is 3.99. The number of amides is 1. The lowest BCUT2D eigenvalue weighted by Gasteiger charge is -2.27. The zero-order valence-electron chi connectivity index (χ0n) is 18.6. The monoisotopic (exact) mass is 423 g/mol. The third-order valence-electron chi connectivity index (χ3n) is 6.00. The first-order valence-electron chi connectivity index (χ1n) is 10.7. The Morgan fingerprint density at radius 1 is 1.03 bits per heavy atom. The highest BCUT2D eigenvalue weighted by molar-refractivity contribution is 6.46. The Hall–Kier alpha value is -3.12. The van der Waals surface area contributed by atoms with Gasteiger partial charge in [0, 0.05) is 5.56 Å². The lowest BCUT2D eigenvalue weighted by molar-refractivity contribution is -0.895. The fourth-order valence-electron chi connectivity index (χ4n) is 3.99. The maximum Gasteiger partial charge on any atom is 0.295 e. The molecule has 0 aliphatic carbocycles. The number of ketones is 1. The van der Waals surface area contributed by atoms with E-state index >= 15 is 0 Å². The van der Waals surface area contributed by atoms with E-state index in [4.69, 9.17) is 4.74 Å². The second kappa shape index (κ2) is 9.79. The first-order chi connectivity index (χ1) is 14.9. The molecule has 3 rings (SSSR count). The highest BCUT2D eigenvalue weighted by Crippen LogP contribution is 2.39. The number of aryl methyl sites for hydroxylation is 1. The van der Waals surface area contributed by atoms with E-state index in [0.717, 1.165) is 30.8 Å². The molecule has 2 N–H and O–H groups in total. The van der Waals surface area contributed by atoms with Crippen LogP contribution in [0.15, 0.2) is 54.1 Å². The first kappa shape index (κ1) is 22.6. The number of likely N-dealkylation sites (tertiary alicyclic amines) is 1. The third kappa shape index (κ3) is 4.64. The van der Waals surface area contributed by atoms with Gasteiger partial charge in [0.05, 0.1) is 44.9 Å². The number of nitrogens with zero attached hydrogens (tertiary/aromatic N) is 1. The van der Waals surface area contributed by atoms with E-state index in [-0.39, 0.29) is 11.3 Å². The van der Waals surface area contributed by atoms with Gasteiger partial charge in [0.25, 0.3) is 11.7 Å². The second-order valence-electron chi connectivity index (χ2n) is 7.84. The number of methoxy groups -OCH3 is 1. The standard InChI is InChI=1S/C25H30N2O4/c1-5-26(6-2)15-16-27-22(18-9-7-17(3)8-10-18)21(24(29)25(27)30)23(28)19-11-13-20(31-4)14-12-19/h7-14,22,28H,5-6,15-16H2,1-4H3/p+1/t22-/m1/s1. The molecule has 2 aromatic carbocycles. The maximum absolute atomic E-state index is 13.0. The van der Waals surface area contributed by atoms with E-state index in [1.807, 2.05) is 31.2 Å². The number of likely N-dealkylation sites (N-methyl/N-ethyl adjacent to an activating group) is 1. The van der Waals surface area contributed by atoms with Crippen LogP contribution >= 0.6 is 0 Å². The number of hydrogen-bond donors (Lipinski definition) is 2. The smallest absolute Gasteiger partial charge is 0.295 e. The molecule has 0 spiro atoms.